The summed E-state index contributed by atoms with van der Waals surface area (Å²) in [4.78, 5) is 41.1. The number of hydrogen-bond donors (Lipinski definition) is 1. The molecule has 1 heterocycles. The van der Waals surface area contributed by atoms with Crippen molar-refractivity contribution in [2.75, 3.05) is 38.1 Å². The molecule has 208 valence electrons. The summed E-state index contributed by atoms with van der Waals surface area (Å²) in [5, 5.41) is 13.9. The molecule has 4 aromatic carbocycles. The summed E-state index contributed by atoms with van der Waals surface area (Å²) in [5.74, 6) is -0.697. The van der Waals surface area contributed by atoms with Gasteiger partial charge in [-0.15, -0.1) is 0 Å². The summed E-state index contributed by atoms with van der Waals surface area (Å²) in [5.41, 5.74) is 2.92. The molecule has 4 aromatic rings. The van der Waals surface area contributed by atoms with Crippen molar-refractivity contribution in [1.82, 2.24) is 9.80 Å². The normalized spacial score (nSPS) is 13.5. The van der Waals surface area contributed by atoms with Crippen LogP contribution in [0.1, 0.15) is 27.5 Å². The monoisotopic (exact) mass is 550 g/mol. The quantitative estimate of drug-likeness (QED) is 0.228. The zero-order valence-electron chi connectivity index (χ0n) is 22.4. The van der Waals surface area contributed by atoms with Gasteiger partial charge in [0.25, 0.3) is 11.8 Å². The molecule has 0 bridgehead atoms. The molecule has 0 atom stereocenters. The maximum Gasteiger partial charge on any atom is 0.310 e. The Balaban J connectivity index is 1.24. The van der Waals surface area contributed by atoms with E-state index in [1.165, 1.54) is 29.3 Å². The average Bonchev–Trinajstić information content (AvgIpc) is 3.02. The lowest BCUT2D eigenvalue weighted by Crippen LogP contribution is -2.50. The van der Waals surface area contributed by atoms with Crippen molar-refractivity contribution >= 4 is 23.2 Å². The molecule has 1 aliphatic heterocycles. The van der Waals surface area contributed by atoms with E-state index in [9.17, 15) is 19.7 Å². The zero-order chi connectivity index (χ0) is 28.6. The third-order valence-corrected chi connectivity index (χ3v) is 7.05. The van der Waals surface area contributed by atoms with Crippen LogP contribution in [-0.4, -0.2) is 59.3 Å². The van der Waals surface area contributed by atoms with E-state index in [1.54, 1.807) is 35.2 Å². The van der Waals surface area contributed by atoms with Gasteiger partial charge in [-0.3, -0.25) is 24.6 Å². The standard InChI is InChI=1S/C32H30N4O5/c37-30(23-41-29-18-10-9-17-28(29)36(39)40)33-27-16-8-7-15-26(27)32(38)35-21-19-34(20-22-35)31(24-11-3-1-4-12-24)25-13-5-2-6-14-25/h1-18,31H,19-23H2,(H,33,37). The van der Waals surface area contributed by atoms with Crippen molar-refractivity contribution in [2.45, 2.75) is 6.04 Å². The molecule has 1 N–H and O–H groups in total. The molecule has 1 fully saturated rings. The molecule has 0 radical (unpaired) electrons. The largest absolute Gasteiger partial charge is 0.477 e. The minimum Gasteiger partial charge on any atom is -0.477 e. The Morgan fingerprint density at radius 1 is 0.780 bits per heavy atom. The Labute approximate surface area is 238 Å². The highest BCUT2D eigenvalue weighted by atomic mass is 16.6. The number of rotatable bonds is 9. The average molecular weight is 551 g/mol. The number of para-hydroxylation sites is 3. The van der Waals surface area contributed by atoms with Crippen LogP contribution in [-0.2, 0) is 4.79 Å². The first-order valence-electron chi connectivity index (χ1n) is 13.4. The molecular formula is C32H30N4O5. The highest BCUT2D eigenvalue weighted by Gasteiger charge is 2.29. The molecular weight excluding hydrogens is 520 g/mol. The number of nitro benzene ring substituents is 1. The number of nitrogens with zero attached hydrogens (tertiary/aromatic N) is 3. The van der Waals surface area contributed by atoms with Crippen LogP contribution in [0.25, 0.3) is 0 Å². The Morgan fingerprint density at radius 3 is 1.98 bits per heavy atom. The van der Waals surface area contributed by atoms with Crippen molar-refractivity contribution in [3.63, 3.8) is 0 Å². The highest BCUT2D eigenvalue weighted by Crippen LogP contribution is 2.30. The van der Waals surface area contributed by atoms with Gasteiger partial charge < -0.3 is 15.0 Å². The van der Waals surface area contributed by atoms with Crippen molar-refractivity contribution in [3.8, 4) is 5.75 Å². The van der Waals surface area contributed by atoms with Gasteiger partial charge in [-0.25, -0.2) is 0 Å². The minimum atomic E-state index is -0.567. The van der Waals surface area contributed by atoms with Crippen LogP contribution in [0.4, 0.5) is 11.4 Å². The molecule has 0 saturated carbocycles. The van der Waals surface area contributed by atoms with Gasteiger partial charge >= 0.3 is 5.69 Å². The molecule has 0 aliphatic carbocycles. The summed E-state index contributed by atoms with van der Waals surface area (Å²) in [7, 11) is 0. The molecule has 9 heteroatoms. The Hall–Kier alpha value is -5.02. The number of ether oxygens (including phenoxy) is 1. The second-order valence-electron chi connectivity index (χ2n) is 9.66. The Bertz CT molecular complexity index is 1470. The van der Waals surface area contributed by atoms with Crippen LogP contribution in [0.5, 0.6) is 5.75 Å². The Kier molecular flexibility index (Phi) is 8.66. The van der Waals surface area contributed by atoms with E-state index in [1.807, 2.05) is 36.4 Å². The van der Waals surface area contributed by atoms with Crippen LogP contribution in [0.2, 0.25) is 0 Å². The van der Waals surface area contributed by atoms with Gasteiger partial charge in [0.05, 0.1) is 22.2 Å². The van der Waals surface area contributed by atoms with Gasteiger partial charge in [0.2, 0.25) is 0 Å². The van der Waals surface area contributed by atoms with E-state index in [0.29, 0.717) is 37.4 Å². The van der Waals surface area contributed by atoms with Crippen molar-refractivity contribution in [3.05, 3.63) is 136 Å². The topological polar surface area (TPSA) is 105 Å². The molecule has 0 spiro atoms. The summed E-state index contributed by atoms with van der Waals surface area (Å²) in [6, 6.07) is 33.5. The van der Waals surface area contributed by atoms with Gasteiger partial charge in [0, 0.05) is 32.2 Å². The fourth-order valence-electron chi connectivity index (χ4n) is 5.08. The number of nitro groups is 1. The molecule has 0 aromatic heterocycles. The molecule has 1 saturated heterocycles. The van der Waals surface area contributed by atoms with Crippen LogP contribution in [0, 0.1) is 10.1 Å². The van der Waals surface area contributed by atoms with Crippen molar-refractivity contribution < 1.29 is 19.2 Å². The van der Waals surface area contributed by atoms with Crippen LogP contribution < -0.4 is 10.1 Å². The van der Waals surface area contributed by atoms with E-state index < -0.39 is 17.4 Å². The summed E-state index contributed by atoms with van der Waals surface area (Å²) in [6.07, 6.45) is 0. The molecule has 5 rings (SSSR count). The number of anilines is 1. The van der Waals surface area contributed by atoms with Gasteiger partial charge in [0.1, 0.15) is 0 Å². The van der Waals surface area contributed by atoms with Gasteiger partial charge in [0.15, 0.2) is 12.4 Å². The van der Waals surface area contributed by atoms with Crippen molar-refractivity contribution in [1.29, 1.82) is 0 Å². The maximum atomic E-state index is 13.6. The first kappa shape index (κ1) is 27.5. The lowest BCUT2D eigenvalue weighted by atomic mass is 9.96. The predicted molar refractivity (Wildman–Crippen MR) is 156 cm³/mol. The van der Waals surface area contributed by atoms with Gasteiger partial charge in [-0.1, -0.05) is 84.9 Å². The molecule has 9 nitrogen and oxygen atoms in total. The highest BCUT2D eigenvalue weighted by molar-refractivity contribution is 6.04. The number of hydrogen-bond acceptors (Lipinski definition) is 6. The third kappa shape index (κ3) is 6.59. The van der Waals surface area contributed by atoms with Gasteiger partial charge in [-0.2, -0.15) is 0 Å². The fourth-order valence-corrected chi connectivity index (χ4v) is 5.08. The molecule has 1 aliphatic rings. The number of benzene rings is 4. The van der Waals surface area contributed by atoms with E-state index in [4.69, 9.17) is 4.74 Å². The SMILES string of the molecule is O=C(COc1ccccc1[N+](=O)[O-])Nc1ccccc1C(=O)N1CCN(C(c2ccccc2)c2ccccc2)CC1. The maximum absolute atomic E-state index is 13.6. The molecule has 0 unspecified atom stereocenters. The molecule has 41 heavy (non-hydrogen) atoms. The summed E-state index contributed by atoms with van der Waals surface area (Å²) in [6.45, 7) is 2.03. The lowest BCUT2D eigenvalue weighted by molar-refractivity contribution is -0.385. The zero-order valence-corrected chi connectivity index (χ0v) is 22.4. The summed E-state index contributed by atoms with van der Waals surface area (Å²) < 4.78 is 5.40. The number of piperazine rings is 1. The number of amides is 2. The summed E-state index contributed by atoms with van der Waals surface area (Å²) >= 11 is 0. The third-order valence-electron chi connectivity index (χ3n) is 7.05. The number of carbonyl (C=O) groups is 2. The first-order chi connectivity index (χ1) is 20.0. The second kappa shape index (κ2) is 12.9. The van der Waals surface area contributed by atoms with Crippen LogP contribution in [0.15, 0.2) is 109 Å². The van der Waals surface area contributed by atoms with Gasteiger partial charge in [-0.05, 0) is 29.3 Å². The second-order valence-corrected chi connectivity index (χ2v) is 9.66. The van der Waals surface area contributed by atoms with E-state index >= 15 is 0 Å². The van der Waals surface area contributed by atoms with Crippen LogP contribution >= 0.6 is 0 Å². The van der Waals surface area contributed by atoms with E-state index in [0.717, 1.165) is 0 Å². The minimum absolute atomic E-state index is 0.000748. The number of carbonyl (C=O) groups excluding carboxylic acids is 2. The first-order valence-corrected chi connectivity index (χ1v) is 13.4. The lowest BCUT2D eigenvalue weighted by Gasteiger charge is -2.40. The predicted octanol–water partition coefficient (Wildman–Crippen LogP) is 5.16. The smallest absolute Gasteiger partial charge is 0.310 e. The van der Waals surface area contributed by atoms with Crippen molar-refractivity contribution in [2.24, 2.45) is 0 Å². The van der Waals surface area contributed by atoms with E-state index in [-0.39, 0.29) is 23.4 Å². The van der Waals surface area contributed by atoms with E-state index in [2.05, 4.69) is 34.5 Å². The Morgan fingerprint density at radius 2 is 1.34 bits per heavy atom. The molecule has 2 amide bonds. The number of nitrogens with one attached hydrogen (secondary N) is 1. The van der Waals surface area contributed by atoms with Crippen LogP contribution in [0.3, 0.4) is 0 Å². The fraction of sp³-hybridized carbons (Fsp3) is 0.188.